The second-order valence-electron chi connectivity index (χ2n) is 6.88. The monoisotopic (exact) mass is 362 g/mol. The third kappa shape index (κ3) is 3.56. The highest BCUT2D eigenvalue weighted by Crippen LogP contribution is 2.22. The highest BCUT2D eigenvalue weighted by Gasteiger charge is 2.13. The minimum Gasteiger partial charge on any atom is -0.372 e. The molecule has 1 fully saturated rings. The van der Waals surface area contributed by atoms with E-state index >= 15 is 0 Å². The van der Waals surface area contributed by atoms with Crippen molar-refractivity contribution in [3.8, 4) is 0 Å². The van der Waals surface area contributed by atoms with Crippen LogP contribution in [0.5, 0.6) is 0 Å². The zero-order valence-corrected chi connectivity index (χ0v) is 15.3. The normalized spacial score (nSPS) is 13.9. The molecule has 1 saturated heterocycles. The van der Waals surface area contributed by atoms with E-state index in [1.807, 2.05) is 49.4 Å². The third-order valence-corrected chi connectivity index (χ3v) is 4.97. The van der Waals surface area contributed by atoms with E-state index in [-0.39, 0.29) is 18.0 Å². The summed E-state index contributed by atoms with van der Waals surface area (Å²) in [6, 6.07) is 15.1. The number of rotatable bonds is 4. The van der Waals surface area contributed by atoms with Crippen molar-refractivity contribution in [2.75, 3.05) is 23.3 Å². The molecule has 1 aliphatic rings. The van der Waals surface area contributed by atoms with Gasteiger partial charge in [0.05, 0.1) is 11.1 Å². The van der Waals surface area contributed by atoms with E-state index in [9.17, 15) is 9.59 Å². The zero-order valence-electron chi connectivity index (χ0n) is 15.3. The predicted molar refractivity (Wildman–Crippen MR) is 107 cm³/mol. The van der Waals surface area contributed by atoms with Gasteiger partial charge in [-0.1, -0.05) is 18.2 Å². The summed E-state index contributed by atoms with van der Waals surface area (Å²) in [4.78, 5) is 27.3. The van der Waals surface area contributed by atoms with Crippen molar-refractivity contribution in [2.24, 2.45) is 0 Å². The van der Waals surface area contributed by atoms with Crippen molar-refractivity contribution < 1.29 is 4.79 Å². The second-order valence-corrected chi connectivity index (χ2v) is 6.88. The lowest BCUT2D eigenvalue weighted by Gasteiger charge is -2.17. The third-order valence-electron chi connectivity index (χ3n) is 4.97. The summed E-state index contributed by atoms with van der Waals surface area (Å²) in [6.07, 6.45) is 2.46. The summed E-state index contributed by atoms with van der Waals surface area (Å²) in [5, 5.41) is 8.52. The van der Waals surface area contributed by atoms with Gasteiger partial charge in [0.2, 0.25) is 5.91 Å². The van der Waals surface area contributed by atoms with Crippen LogP contribution < -0.4 is 15.8 Å². The van der Waals surface area contributed by atoms with Crippen LogP contribution in [0.3, 0.4) is 0 Å². The van der Waals surface area contributed by atoms with Crippen LogP contribution in [0.15, 0.2) is 53.3 Å². The van der Waals surface area contributed by atoms with Crippen molar-refractivity contribution >= 4 is 28.1 Å². The number of anilines is 2. The number of benzene rings is 2. The van der Waals surface area contributed by atoms with Gasteiger partial charge in [-0.05, 0) is 50.1 Å². The average Bonchev–Trinajstić information content (AvgIpc) is 3.21. The van der Waals surface area contributed by atoms with Crippen LogP contribution >= 0.6 is 0 Å². The number of carbonyl (C=O) groups is 1. The van der Waals surface area contributed by atoms with Gasteiger partial charge < -0.3 is 10.2 Å². The van der Waals surface area contributed by atoms with Crippen LogP contribution in [0.1, 0.15) is 18.5 Å². The first-order valence-electron chi connectivity index (χ1n) is 9.23. The minimum atomic E-state index is -0.270. The van der Waals surface area contributed by atoms with Crippen LogP contribution in [0.4, 0.5) is 11.4 Å². The lowest BCUT2D eigenvalue weighted by Crippen LogP contribution is -2.30. The Balaban J connectivity index is 1.49. The highest BCUT2D eigenvalue weighted by molar-refractivity contribution is 5.91. The van der Waals surface area contributed by atoms with Gasteiger partial charge in [0.25, 0.3) is 5.56 Å². The molecule has 4 rings (SSSR count). The Hall–Kier alpha value is -3.15. The van der Waals surface area contributed by atoms with Crippen LogP contribution in [0, 0.1) is 6.92 Å². The van der Waals surface area contributed by atoms with Crippen molar-refractivity contribution in [3.05, 3.63) is 64.6 Å². The van der Waals surface area contributed by atoms with E-state index in [1.165, 1.54) is 23.2 Å². The molecule has 0 aliphatic carbocycles. The number of aryl methyl sites for hydroxylation is 1. The average molecular weight is 362 g/mol. The molecule has 1 amide bonds. The van der Waals surface area contributed by atoms with Gasteiger partial charge in [0.1, 0.15) is 6.54 Å². The van der Waals surface area contributed by atoms with Crippen molar-refractivity contribution in [2.45, 2.75) is 26.3 Å². The van der Waals surface area contributed by atoms with E-state index < -0.39 is 0 Å². The van der Waals surface area contributed by atoms with Gasteiger partial charge in [-0.3, -0.25) is 9.59 Å². The topological polar surface area (TPSA) is 67.2 Å². The molecule has 0 bridgehead atoms. The number of nitrogens with zero attached hydrogens (tertiary/aromatic N) is 3. The first kappa shape index (κ1) is 17.3. The first-order valence-corrected chi connectivity index (χ1v) is 9.23. The fourth-order valence-corrected chi connectivity index (χ4v) is 3.58. The fourth-order valence-electron chi connectivity index (χ4n) is 3.58. The molecule has 6 nitrogen and oxygen atoms in total. The molecule has 0 unspecified atom stereocenters. The van der Waals surface area contributed by atoms with Gasteiger partial charge in [0.15, 0.2) is 0 Å². The molecule has 27 heavy (non-hydrogen) atoms. The quantitative estimate of drug-likeness (QED) is 0.775. The van der Waals surface area contributed by atoms with Crippen LogP contribution in [-0.2, 0) is 11.3 Å². The predicted octanol–water partition coefficient (Wildman–Crippen LogP) is 2.94. The smallest absolute Gasteiger partial charge is 0.275 e. The summed E-state index contributed by atoms with van der Waals surface area (Å²) in [5.41, 5.74) is 2.37. The molecule has 1 aromatic heterocycles. The summed E-state index contributed by atoms with van der Waals surface area (Å²) < 4.78 is 1.23. The molecule has 0 spiro atoms. The molecule has 3 aromatic rings. The maximum absolute atomic E-state index is 12.6. The molecule has 0 radical (unpaired) electrons. The zero-order chi connectivity index (χ0) is 18.8. The summed E-state index contributed by atoms with van der Waals surface area (Å²) in [7, 11) is 0. The maximum Gasteiger partial charge on any atom is 0.275 e. The largest absolute Gasteiger partial charge is 0.372 e. The van der Waals surface area contributed by atoms with Gasteiger partial charge in [-0.2, -0.15) is 5.10 Å². The number of nitrogens with one attached hydrogen (secondary N) is 1. The molecule has 0 saturated carbocycles. The summed E-state index contributed by atoms with van der Waals surface area (Å²) in [6.45, 7) is 3.90. The molecular formula is C21H22N4O2. The molecule has 0 atom stereocenters. The minimum absolute atomic E-state index is 0.113. The first-order chi connectivity index (χ1) is 13.1. The lowest BCUT2D eigenvalue weighted by atomic mass is 10.1. The Morgan fingerprint density at radius 1 is 1.04 bits per heavy atom. The Morgan fingerprint density at radius 2 is 1.70 bits per heavy atom. The summed E-state index contributed by atoms with van der Waals surface area (Å²) >= 11 is 0. The van der Waals surface area contributed by atoms with Gasteiger partial charge >= 0.3 is 0 Å². The van der Waals surface area contributed by atoms with E-state index in [1.54, 1.807) is 6.07 Å². The Kier molecular flexibility index (Phi) is 4.62. The van der Waals surface area contributed by atoms with Crippen LogP contribution in [0.25, 0.3) is 10.8 Å². The molecule has 1 N–H and O–H groups in total. The number of amides is 1. The molecule has 1 aliphatic heterocycles. The summed E-state index contributed by atoms with van der Waals surface area (Å²) in [5.74, 6) is -0.270. The fraction of sp³-hybridized carbons (Fsp3) is 0.286. The Labute approximate surface area is 157 Å². The molecule has 2 aromatic carbocycles. The lowest BCUT2D eigenvalue weighted by molar-refractivity contribution is -0.117. The van der Waals surface area contributed by atoms with E-state index in [2.05, 4.69) is 15.3 Å². The number of aromatic nitrogens is 2. The van der Waals surface area contributed by atoms with Gasteiger partial charge in [0, 0.05) is 29.9 Å². The van der Waals surface area contributed by atoms with Crippen molar-refractivity contribution in [3.63, 3.8) is 0 Å². The number of hydrogen-bond acceptors (Lipinski definition) is 4. The van der Waals surface area contributed by atoms with E-state index in [4.69, 9.17) is 0 Å². The Bertz CT molecular complexity index is 1030. The molecule has 6 heteroatoms. The SMILES string of the molecule is Cc1nn(CC(=O)Nc2ccc(N3CCCC3)cc2)c(=O)c2ccccc12. The van der Waals surface area contributed by atoms with Crippen molar-refractivity contribution in [1.82, 2.24) is 9.78 Å². The number of hydrogen-bond donors (Lipinski definition) is 1. The maximum atomic E-state index is 12.6. The molecule has 138 valence electrons. The highest BCUT2D eigenvalue weighted by atomic mass is 16.2. The van der Waals surface area contributed by atoms with Crippen molar-refractivity contribution in [1.29, 1.82) is 0 Å². The standard InChI is InChI=1S/C21H22N4O2/c1-15-18-6-2-3-7-19(18)21(27)25(23-15)14-20(26)22-16-8-10-17(11-9-16)24-12-4-5-13-24/h2-3,6-11H,4-5,12-14H2,1H3,(H,22,26). The van der Waals surface area contributed by atoms with E-state index in [0.29, 0.717) is 11.1 Å². The number of carbonyl (C=O) groups excluding carboxylic acids is 1. The van der Waals surface area contributed by atoms with E-state index in [0.717, 1.165) is 24.2 Å². The molecular weight excluding hydrogens is 340 g/mol. The number of fused-ring (bicyclic) bond motifs is 1. The second kappa shape index (κ2) is 7.23. The van der Waals surface area contributed by atoms with Crippen LogP contribution in [-0.4, -0.2) is 28.8 Å². The Morgan fingerprint density at radius 3 is 2.41 bits per heavy atom. The van der Waals surface area contributed by atoms with Gasteiger partial charge in [-0.25, -0.2) is 4.68 Å². The van der Waals surface area contributed by atoms with Crippen LogP contribution in [0.2, 0.25) is 0 Å². The van der Waals surface area contributed by atoms with Gasteiger partial charge in [-0.15, -0.1) is 0 Å². The molecule has 2 heterocycles.